The molecule has 0 radical (unpaired) electrons. The highest BCUT2D eigenvalue weighted by atomic mass is 79.9. The zero-order valence-electron chi connectivity index (χ0n) is 17.1. The fourth-order valence-corrected chi connectivity index (χ4v) is 3.79. The molecule has 1 aliphatic heterocycles. The molecule has 1 saturated heterocycles. The lowest BCUT2D eigenvalue weighted by atomic mass is 10.0. The molecular formula is C23H19BrN2O5. The molecule has 1 fully saturated rings. The van der Waals surface area contributed by atoms with Gasteiger partial charge in [-0.15, -0.1) is 6.42 Å². The van der Waals surface area contributed by atoms with E-state index >= 15 is 0 Å². The van der Waals surface area contributed by atoms with E-state index in [9.17, 15) is 14.4 Å². The largest absolute Gasteiger partial charge is 0.493 e. The second kappa shape index (κ2) is 9.06. The van der Waals surface area contributed by atoms with Crippen LogP contribution in [0.1, 0.15) is 16.7 Å². The molecule has 0 aliphatic carbocycles. The van der Waals surface area contributed by atoms with Gasteiger partial charge in [0, 0.05) is 0 Å². The van der Waals surface area contributed by atoms with Crippen molar-refractivity contribution in [2.75, 3.05) is 18.6 Å². The highest BCUT2D eigenvalue weighted by molar-refractivity contribution is 9.10. The van der Waals surface area contributed by atoms with Gasteiger partial charge < -0.3 is 9.47 Å². The minimum Gasteiger partial charge on any atom is -0.493 e. The summed E-state index contributed by atoms with van der Waals surface area (Å²) >= 11 is 3.39. The molecule has 31 heavy (non-hydrogen) atoms. The number of terminal acetylenes is 1. The van der Waals surface area contributed by atoms with Crippen LogP contribution in [0, 0.1) is 26.2 Å². The summed E-state index contributed by atoms with van der Waals surface area (Å²) in [4.78, 5) is 38.9. The highest BCUT2D eigenvalue weighted by Gasteiger charge is 2.37. The van der Waals surface area contributed by atoms with Crippen molar-refractivity contribution in [3.8, 4) is 23.8 Å². The van der Waals surface area contributed by atoms with E-state index in [0.717, 1.165) is 16.0 Å². The predicted octanol–water partition coefficient (Wildman–Crippen LogP) is 3.75. The lowest BCUT2D eigenvalue weighted by molar-refractivity contribution is -0.122. The van der Waals surface area contributed by atoms with Crippen LogP contribution in [0.5, 0.6) is 11.5 Å². The van der Waals surface area contributed by atoms with Gasteiger partial charge in [0.1, 0.15) is 12.2 Å². The van der Waals surface area contributed by atoms with Crippen LogP contribution in [0.2, 0.25) is 0 Å². The Morgan fingerprint density at radius 3 is 2.42 bits per heavy atom. The molecule has 0 saturated carbocycles. The van der Waals surface area contributed by atoms with Gasteiger partial charge in [0.05, 0.1) is 17.3 Å². The number of hydrogen-bond acceptors (Lipinski definition) is 5. The number of rotatable bonds is 5. The number of carbonyl (C=O) groups is 3. The third-order valence-corrected chi connectivity index (χ3v) is 5.02. The molecule has 0 spiro atoms. The summed E-state index contributed by atoms with van der Waals surface area (Å²) in [6, 6.07) is 7.78. The van der Waals surface area contributed by atoms with Gasteiger partial charge in [-0.05, 0) is 76.8 Å². The van der Waals surface area contributed by atoms with E-state index in [2.05, 4.69) is 27.2 Å². The molecule has 1 N–H and O–H groups in total. The van der Waals surface area contributed by atoms with Gasteiger partial charge in [-0.3, -0.25) is 14.9 Å². The molecule has 3 rings (SSSR count). The summed E-state index contributed by atoms with van der Waals surface area (Å²) in [5.74, 6) is 1.63. The van der Waals surface area contributed by atoms with Crippen molar-refractivity contribution < 1.29 is 23.9 Å². The second-order valence-electron chi connectivity index (χ2n) is 6.83. The molecule has 2 aromatic carbocycles. The van der Waals surface area contributed by atoms with Crippen LogP contribution < -0.4 is 19.7 Å². The first-order valence-corrected chi connectivity index (χ1v) is 9.98. The molecule has 4 amide bonds. The van der Waals surface area contributed by atoms with Gasteiger partial charge in [-0.25, -0.2) is 9.69 Å². The summed E-state index contributed by atoms with van der Waals surface area (Å²) in [5, 5.41) is 2.22. The van der Waals surface area contributed by atoms with Gasteiger partial charge in [0.15, 0.2) is 11.5 Å². The third-order valence-electron chi connectivity index (χ3n) is 4.43. The molecule has 8 heteroatoms. The second-order valence-corrected chi connectivity index (χ2v) is 7.69. The normalized spacial score (nSPS) is 15.0. The fraction of sp³-hybridized carbons (Fsp3) is 0.174. The predicted molar refractivity (Wildman–Crippen MR) is 120 cm³/mol. The minimum absolute atomic E-state index is 0.0449. The van der Waals surface area contributed by atoms with Crippen molar-refractivity contribution in [1.29, 1.82) is 0 Å². The summed E-state index contributed by atoms with van der Waals surface area (Å²) in [6.07, 6.45) is 6.63. The Bertz CT molecular complexity index is 1140. The summed E-state index contributed by atoms with van der Waals surface area (Å²) in [7, 11) is 1.46. The van der Waals surface area contributed by atoms with E-state index in [1.165, 1.54) is 13.2 Å². The Balaban J connectivity index is 2.04. The smallest absolute Gasteiger partial charge is 0.335 e. The summed E-state index contributed by atoms with van der Waals surface area (Å²) in [6.45, 7) is 3.76. The van der Waals surface area contributed by atoms with Crippen molar-refractivity contribution in [2.24, 2.45) is 0 Å². The number of carbonyl (C=O) groups excluding carboxylic acids is 3. The summed E-state index contributed by atoms with van der Waals surface area (Å²) < 4.78 is 11.3. The van der Waals surface area contributed by atoms with Crippen LogP contribution in [-0.4, -0.2) is 31.6 Å². The van der Waals surface area contributed by atoms with Crippen molar-refractivity contribution >= 4 is 45.5 Å². The van der Waals surface area contributed by atoms with E-state index in [4.69, 9.17) is 15.9 Å². The zero-order chi connectivity index (χ0) is 22.7. The van der Waals surface area contributed by atoms with E-state index in [1.54, 1.807) is 24.3 Å². The van der Waals surface area contributed by atoms with Gasteiger partial charge in [0.2, 0.25) is 0 Å². The van der Waals surface area contributed by atoms with Crippen LogP contribution in [-0.2, 0) is 9.59 Å². The number of anilines is 1. The monoisotopic (exact) mass is 482 g/mol. The Morgan fingerprint density at radius 2 is 1.81 bits per heavy atom. The number of urea groups is 1. The molecular weight excluding hydrogens is 464 g/mol. The maximum absolute atomic E-state index is 13.1. The molecule has 1 aliphatic rings. The van der Waals surface area contributed by atoms with Crippen molar-refractivity contribution in [3.63, 3.8) is 0 Å². The molecule has 158 valence electrons. The van der Waals surface area contributed by atoms with Gasteiger partial charge >= 0.3 is 6.03 Å². The number of barbiturate groups is 1. The SMILES string of the molecule is C#CCOc1c(Br)cc(C=C2C(=O)NC(=O)N(c3cc(C)cc(C)c3)C2=O)cc1OC. The van der Waals surface area contributed by atoms with Crippen LogP contribution in [0.3, 0.4) is 0 Å². The molecule has 0 unspecified atom stereocenters. The zero-order valence-corrected chi connectivity index (χ0v) is 18.7. The Labute approximate surface area is 188 Å². The number of aryl methyl sites for hydroxylation is 2. The third kappa shape index (κ3) is 4.62. The number of benzene rings is 2. The number of hydrogen-bond donors (Lipinski definition) is 1. The Hall–Kier alpha value is -3.57. The van der Waals surface area contributed by atoms with Crippen LogP contribution >= 0.6 is 15.9 Å². The average molecular weight is 483 g/mol. The van der Waals surface area contributed by atoms with Crippen LogP contribution in [0.25, 0.3) is 6.08 Å². The number of imide groups is 2. The fourth-order valence-electron chi connectivity index (χ4n) is 3.22. The van der Waals surface area contributed by atoms with Crippen LogP contribution in [0.15, 0.2) is 40.4 Å². The molecule has 0 atom stereocenters. The van der Waals surface area contributed by atoms with Gasteiger partial charge in [-0.1, -0.05) is 12.0 Å². The van der Waals surface area contributed by atoms with Crippen LogP contribution in [0.4, 0.5) is 10.5 Å². The van der Waals surface area contributed by atoms with Crippen molar-refractivity contribution in [2.45, 2.75) is 13.8 Å². The topological polar surface area (TPSA) is 84.9 Å². The van der Waals surface area contributed by atoms with Gasteiger partial charge in [0.25, 0.3) is 11.8 Å². The number of nitrogens with zero attached hydrogens (tertiary/aromatic N) is 1. The average Bonchev–Trinajstić information content (AvgIpc) is 2.69. The Kier molecular flexibility index (Phi) is 6.47. The first kappa shape index (κ1) is 22.1. The maximum atomic E-state index is 13.1. The van der Waals surface area contributed by atoms with E-state index in [0.29, 0.717) is 27.2 Å². The molecule has 1 heterocycles. The minimum atomic E-state index is -0.797. The quantitative estimate of drug-likeness (QED) is 0.398. The van der Waals surface area contributed by atoms with E-state index in [-0.39, 0.29) is 12.2 Å². The van der Waals surface area contributed by atoms with E-state index < -0.39 is 17.8 Å². The number of amides is 4. The number of nitrogens with one attached hydrogen (secondary N) is 1. The molecule has 7 nitrogen and oxygen atoms in total. The van der Waals surface area contributed by atoms with Crippen molar-refractivity contribution in [3.05, 3.63) is 57.1 Å². The molecule has 0 aromatic heterocycles. The van der Waals surface area contributed by atoms with E-state index in [1.807, 2.05) is 19.9 Å². The Morgan fingerprint density at radius 1 is 1.13 bits per heavy atom. The molecule has 2 aromatic rings. The number of halogens is 1. The first-order chi connectivity index (χ1) is 14.7. The van der Waals surface area contributed by atoms with Crippen molar-refractivity contribution in [1.82, 2.24) is 5.32 Å². The lowest BCUT2D eigenvalue weighted by Crippen LogP contribution is -2.54. The lowest BCUT2D eigenvalue weighted by Gasteiger charge is -2.27. The maximum Gasteiger partial charge on any atom is 0.335 e. The van der Waals surface area contributed by atoms with Gasteiger partial charge in [-0.2, -0.15) is 0 Å². The number of methoxy groups -OCH3 is 1. The standard InChI is InChI=1S/C23H19BrN2O5/c1-5-6-31-20-18(24)11-15(12-19(20)30-4)10-17-21(27)25-23(29)26(22(17)28)16-8-13(2)7-14(3)9-16/h1,7-12H,6H2,2-4H3,(H,25,27,29). The number of ether oxygens (including phenoxy) is 2. The molecule has 0 bridgehead atoms. The first-order valence-electron chi connectivity index (χ1n) is 9.18. The summed E-state index contributed by atoms with van der Waals surface area (Å²) in [5.41, 5.74) is 2.45. The highest BCUT2D eigenvalue weighted by Crippen LogP contribution is 2.37.